The van der Waals surface area contributed by atoms with Crippen LogP contribution in [-0.2, 0) is 14.8 Å². The third-order valence-corrected chi connectivity index (χ3v) is 11.4. The van der Waals surface area contributed by atoms with Gasteiger partial charge in [0.05, 0.1) is 15.1 Å². The Kier molecular flexibility index (Phi) is 7.31. The van der Waals surface area contributed by atoms with Crippen LogP contribution >= 0.6 is 23.1 Å². The molecule has 3 aromatic rings. The van der Waals surface area contributed by atoms with Gasteiger partial charge in [-0.15, -0.1) is 11.8 Å². The number of thioether (sulfide) groups is 1. The molecule has 5 rings (SSSR count). The number of rotatable bonds is 5. The average molecular weight is 545 g/mol. The molecule has 7 nitrogen and oxygen atoms in total. The number of aromatic nitrogens is 1. The molecule has 0 spiro atoms. The molecule has 36 heavy (non-hydrogen) atoms. The van der Waals surface area contributed by atoms with Crippen LogP contribution in [-0.4, -0.2) is 74.0 Å². The van der Waals surface area contributed by atoms with Crippen molar-refractivity contribution in [2.24, 2.45) is 5.92 Å². The summed E-state index contributed by atoms with van der Waals surface area (Å²) in [6.45, 7) is 7.87. The van der Waals surface area contributed by atoms with Crippen molar-refractivity contribution in [3.8, 4) is 0 Å². The van der Waals surface area contributed by atoms with Crippen molar-refractivity contribution in [1.29, 1.82) is 0 Å². The van der Waals surface area contributed by atoms with Gasteiger partial charge >= 0.3 is 0 Å². The van der Waals surface area contributed by atoms with Gasteiger partial charge in [0.1, 0.15) is 0 Å². The molecular weight excluding hydrogens is 513 g/mol. The highest BCUT2D eigenvalue weighted by molar-refractivity contribution is 7.99. The van der Waals surface area contributed by atoms with Crippen LogP contribution in [0.5, 0.6) is 0 Å². The van der Waals surface area contributed by atoms with Crippen molar-refractivity contribution < 1.29 is 13.2 Å². The summed E-state index contributed by atoms with van der Waals surface area (Å²) < 4.78 is 29.2. The molecule has 0 aliphatic carbocycles. The largest absolute Gasteiger partial charge is 0.345 e. The molecule has 0 atom stereocenters. The predicted octanol–water partition coefficient (Wildman–Crippen LogP) is 4.38. The molecule has 2 aliphatic heterocycles. The number of hydrogen-bond acceptors (Lipinski definition) is 7. The summed E-state index contributed by atoms with van der Waals surface area (Å²) in [6.07, 6.45) is 3.02. The Morgan fingerprint density at radius 3 is 2.39 bits per heavy atom. The van der Waals surface area contributed by atoms with E-state index in [-0.39, 0.29) is 11.8 Å². The lowest BCUT2D eigenvalue weighted by Crippen LogP contribution is -2.52. The number of fused-ring (bicyclic) bond motifs is 1. The first-order chi connectivity index (χ1) is 17.3. The number of thiazole rings is 1. The second-order valence-corrected chi connectivity index (χ2v) is 13.3. The van der Waals surface area contributed by atoms with Crippen molar-refractivity contribution in [3.05, 3.63) is 47.5 Å². The third kappa shape index (κ3) is 4.76. The van der Waals surface area contributed by atoms with Gasteiger partial charge in [0.2, 0.25) is 15.9 Å². The summed E-state index contributed by atoms with van der Waals surface area (Å²) >= 11 is 3.15. The number of aryl methyl sites for hydroxylation is 2. The van der Waals surface area contributed by atoms with Crippen molar-refractivity contribution in [3.63, 3.8) is 0 Å². The lowest BCUT2D eigenvalue weighted by atomic mass is 9.96. The molecule has 0 unspecified atom stereocenters. The molecule has 0 bridgehead atoms. The van der Waals surface area contributed by atoms with E-state index in [2.05, 4.69) is 30.9 Å². The monoisotopic (exact) mass is 544 g/mol. The lowest BCUT2D eigenvalue weighted by Gasteiger charge is -2.38. The molecular formula is C26H32N4O3S3. The van der Waals surface area contributed by atoms with Crippen LogP contribution in [0.25, 0.3) is 10.2 Å². The normalized spacial score (nSPS) is 18.2. The van der Waals surface area contributed by atoms with E-state index < -0.39 is 10.0 Å². The topological polar surface area (TPSA) is 73.8 Å². The van der Waals surface area contributed by atoms with E-state index in [0.29, 0.717) is 43.9 Å². The van der Waals surface area contributed by atoms with Crippen LogP contribution in [0.2, 0.25) is 0 Å². The number of carbonyl (C=O) groups is 1. The first-order valence-electron chi connectivity index (χ1n) is 12.3. The summed E-state index contributed by atoms with van der Waals surface area (Å²) in [7, 11) is -3.56. The van der Waals surface area contributed by atoms with Crippen molar-refractivity contribution in [1.82, 2.24) is 14.2 Å². The fourth-order valence-corrected chi connectivity index (χ4v) is 8.71. The van der Waals surface area contributed by atoms with Crippen molar-refractivity contribution in [2.45, 2.75) is 36.5 Å². The minimum Gasteiger partial charge on any atom is -0.345 e. The summed E-state index contributed by atoms with van der Waals surface area (Å²) in [5, 5.41) is 1.02. The van der Waals surface area contributed by atoms with Gasteiger partial charge in [0, 0.05) is 50.1 Å². The van der Waals surface area contributed by atoms with Gasteiger partial charge in [-0.1, -0.05) is 29.5 Å². The van der Waals surface area contributed by atoms with Gasteiger partial charge in [-0.2, -0.15) is 4.31 Å². The molecule has 2 aromatic carbocycles. The standard InChI is InChI=1S/C26H32N4O3S3/c1-18-8-9-22-24(19(18)2)27-26(35-22)29-16-14-28(15-17-29)25(31)20-10-12-30(13-11-20)36(32,33)23-7-5-4-6-21(23)34-3/h4-9,20H,10-17H2,1-3H3. The highest BCUT2D eigenvalue weighted by Crippen LogP contribution is 2.33. The quantitative estimate of drug-likeness (QED) is 0.444. The van der Waals surface area contributed by atoms with E-state index in [9.17, 15) is 13.2 Å². The molecule has 10 heteroatoms. The minimum atomic E-state index is -3.56. The van der Waals surface area contributed by atoms with E-state index in [4.69, 9.17) is 4.98 Å². The number of anilines is 1. The molecule has 3 heterocycles. The molecule has 2 aliphatic rings. The van der Waals surface area contributed by atoms with Gasteiger partial charge in [-0.3, -0.25) is 4.79 Å². The number of carbonyl (C=O) groups excluding carboxylic acids is 1. The number of piperidine rings is 1. The number of amides is 1. The molecule has 1 amide bonds. The maximum Gasteiger partial charge on any atom is 0.244 e. The van der Waals surface area contributed by atoms with E-state index in [1.54, 1.807) is 27.8 Å². The van der Waals surface area contributed by atoms with E-state index >= 15 is 0 Å². The molecule has 1 aromatic heterocycles. The minimum absolute atomic E-state index is 0.119. The molecule has 2 saturated heterocycles. The number of piperazine rings is 1. The Labute approximate surface area is 221 Å². The summed E-state index contributed by atoms with van der Waals surface area (Å²) in [6, 6.07) is 11.4. The summed E-state index contributed by atoms with van der Waals surface area (Å²) in [4.78, 5) is 23.5. The zero-order valence-corrected chi connectivity index (χ0v) is 23.4. The maximum atomic E-state index is 13.3. The van der Waals surface area contributed by atoms with Gasteiger partial charge in [-0.05, 0) is 62.3 Å². The fourth-order valence-electron chi connectivity index (χ4n) is 5.04. The molecule has 0 saturated carbocycles. The Bertz CT molecular complexity index is 1370. The van der Waals surface area contributed by atoms with Gasteiger partial charge in [0.15, 0.2) is 5.13 Å². The molecule has 2 fully saturated rings. The SMILES string of the molecule is CSc1ccccc1S(=O)(=O)N1CCC(C(=O)N2CCN(c3nc4c(C)c(C)ccc4s3)CC2)CC1. The second-order valence-electron chi connectivity index (χ2n) is 9.49. The summed E-state index contributed by atoms with van der Waals surface area (Å²) in [5.74, 6) is 0.0406. The number of hydrogen-bond donors (Lipinski definition) is 0. The van der Waals surface area contributed by atoms with Crippen LogP contribution in [0, 0.1) is 19.8 Å². The first kappa shape index (κ1) is 25.5. The zero-order chi connectivity index (χ0) is 25.4. The second kappa shape index (κ2) is 10.3. The van der Waals surface area contributed by atoms with Crippen LogP contribution in [0.15, 0.2) is 46.2 Å². The van der Waals surface area contributed by atoms with Crippen LogP contribution in [0.1, 0.15) is 24.0 Å². The van der Waals surface area contributed by atoms with Gasteiger partial charge < -0.3 is 9.80 Å². The lowest BCUT2D eigenvalue weighted by molar-refractivity contribution is -0.137. The number of benzene rings is 2. The molecule has 0 N–H and O–H groups in total. The van der Waals surface area contributed by atoms with Gasteiger partial charge in [0.25, 0.3) is 0 Å². The van der Waals surface area contributed by atoms with Gasteiger partial charge in [-0.25, -0.2) is 13.4 Å². The highest BCUT2D eigenvalue weighted by Gasteiger charge is 2.35. The molecule has 0 radical (unpaired) electrons. The van der Waals surface area contributed by atoms with E-state index in [0.717, 1.165) is 28.6 Å². The number of sulfonamides is 1. The van der Waals surface area contributed by atoms with Crippen molar-refractivity contribution >= 4 is 54.4 Å². The Morgan fingerprint density at radius 2 is 1.69 bits per heavy atom. The smallest absolute Gasteiger partial charge is 0.244 e. The average Bonchev–Trinajstić information content (AvgIpc) is 3.36. The maximum absolute atomic E-state index is 13.3. The zero-order valence-electron chi connectivity index (χ0n) is 20.9. The van der Waals surface area contributed by atoms with Crippen molar-refractivity contribution in [2.75, 3.05) is 50.4 Å². The van der Waals surface area contributed by atoms with E-state index in [1.165, 1.54) is 27.6 Å². The van der Waals surface area contributed by atoms with Crippen LogP contribution in [0.3, 0.4) is 0 Å². The highest BCUT2D eigenvalue weighted by atomic mass is 32.2. The Balaban J connectivity index is 1.18. The predicted molar refractivity (Wildman–Crippen MR) is 148 cm³/mol. The first-order valence-corrected chi connectivity index (χ1v) is 15.8. The molecule has 192 valence electrons. The third-order valence-electron chi connectivity index (χ3n) is 7.43. The summed E-state index contributed by atoms with van der Waals surface area (Å²) in [5.41, 5.74) is 3.56. The van der Waals surface area contributed by atoms with E-state index in [1.807, 2.05) is 23.3 Å². The fraction of sp³-hybridized carbons (Fsp3) is 0.462. The van der Waals surface area contributed by atoms with Crippen LogP contribution < -0.4 is 4.90 Å². The Morgan fingerprint density at radius 1 is 1.00 bits per heavy atom. The van der Waals surface area contributed by atoms with Crippen LogP contribution in [0.4, 0.5) is 5.13 Å². The Hall–Kier alpha value is -2.14. The number of nitrogens with zero attached hydrogens (tertiary/aromatic N) is 4.